The SMILES string of the molecule is Nc1ncnc2c1ncn2[C@@H]1O[C@H](COP(=O)(O)OP(=O)(O)OP(=O)(O)O)[C@H]2OCO[C@H]21. The third-order valence-corrected chi connectivity index (χ3v) is 8.09. The van der Waals surface area contributed by atoms with Crippen molar-refractivity contribution in [3.8, 4) is 0 Å². The lowest BCUT2D eigenvalue weighted by molar-refractivity contribution is -0.107. The molecule has 178 valence electrons. The first-order valence-electron chi connectivity index (χ1n) is 8.45. The maximum Gasteiger partial charge on any atom is 0.490 e. The van der Waals surface area contributed by atoms with Crippen LogP contribution in [-0.4, -0.2) is 70.8 Å². The standard InChI is InChI=1S/C11H16N5O13P3/c12-9-6-10(14-2-13-9)16(3-15-6)11-8-7(24-4-25-8)5(27-11)1-26-31(20,21)29-32(22,23)28-30(17,18)19/h2-3,5,7-8,11H,1,4H2,(H,20,21)(H,22,23)(H2,12,13,14)(H2,17,18,19)/t5-,7-,8-,11-/m1/s1. The zero-order valence-corrected chi connectivity index (χ0v) is 18.2. The predicted octanol–water partition coefficient (Wildman–Crippen LogP) is -0.609. The van der Waals surface area contributed by atoms with Gasteiger partial charge in [0.25, 0.3) is 0 Å². The summed E-state index contributed by atoms with van der Waals surface area (Å²) in [4.78, 5) is 48.0. The van der Waals surface area contributed by atoms with Crippen molar-refractivity contribution in [2.24, 2.45) is 0 Å². The highest BCUT2D eigenvalue weighted by Crippen LogP contribution is 2.66. The highest BCUT2D eigenvalue weighted by atomic mass is 31.3. The van der Waals surface area contributed by atoms with E-state index in [0.29, 0.717) is 11.2 Å². The molecule has 0 spiro atoms. The molecule has 2 aromatic heterocycles. The average molecular weight is 519 g/mol. The molecule has 0 saturated carbocycles. The van der Waals surface area contributed by atoms with Crippen molar-refractivity contribution < 1.29 is 60.6 Å². The number of phosphoric acid groups is 3. The zero-order chi connectivity index (χ0) is 23.3. The Morgan fingerprint density at radius 2 is 1.78 bits per heavy atom. The number of ether oxygens (including phenoxy) is 3. The molecule has 2 aromatic rings. The number of nitrogens with zero attached hydrogens (tertiary/aromatic N) is 4. The normalized spacial score (nSPS) is 29.6. The Hall–Kier alpha value is -1.36. The van der Waals surface area contributed by atoms with E-state index >= 15 is 0 Å². The molecule has 6 atom stereocenters. The summed E-state index contributed by atoms with van der Waals surface area (Å²) in [5, 5.41) is 0. The molecule has 2 unspecified atom stereocenters. The van der Waals surface area contributed by atoms with Crippen LogP contribution in [0.4, 0.5) is 5.82 Å². The number of nitrogens with two attached hydrogens (primary N) is 1. The molecule has 2 saturated heterocycles. The maximum absolute atomic E-state index is 12.0. The lowest BCUT2D eigenvalue weighted by atomic mass is 10.1. The monoisotopic (exact) mass is 519 g/mol. The van der Waals surface area contributed by atoms with E-state index in [0.717, 1.165) is 0 Å². The first-order chi connectivity index (χ1) is 14.9. The molecule has 4 rings (SSSR count). The lowest BCUT2D eigenvalue weighted by Gasteiger charge is -2.20. The summed E-state index contributed by atoms with van der Waals surface area (Å²) in [7, 11) is -16.5. The van der Waals surface area contributed by atoms with Gasteiger partial charge < -0.3 is 39.5 Å². The molecule has 4 heterocycles. The molecule has 2 aliphatic rings. The van der Waals surface area contributed by atoms with Crippen LogP contribution in [0.5, 0.6) is 0 Å². The van der Waals surface area contributed by atoms with Gasteiger partial charge in [0.15, 0.2) is 17.7 Å². The molecule has 2 fully saturated rings. The van der Waals surface area contributed by atoms with E-state index in [1.165, 1.54) is 17.2 Å². The van der Waals surface area contributed by atoms with E-state index in [-0.39, 0.29) is 12.6 Å². The van der Waals surface area contributed by atoms with Gasteiger partial charge in [-0.3, -0.25) is 9.09 Å². The fourth-order valence-corrected chi connectivity index (χ4v) is 6.20. The topological polar surface area (TPSA) is 257 Å². The Kier molecular flexibility index (Phi) is 6.28. The van der Waals surface area contributed by atoms with Crippen LogP contribution in [0, 0.1) is 0 Å². The minimum Gasteiger partial charge on any atom is -0.382 e. The van der Waals surface area contributed by atoms with Crippen molar-refractivity contribution >= 4 is 40.4 Å². The van der Waals surface area contributed by atoms with Crippen molar-refractivity contribution in [1.29, 1.82) is 0 Å². The number of aromatic nitrogens is 4. The fraction of sp³-hybridized carbons (Fsp3) is 0.545. The zero-order valence-electron chi connectivity index (χ0n) is 15.5. The third kappa shape index (κ3) is 5.08. The van der Waals surface area contributed by atoms with Crippen LogP contribution in [0.25, 0.3) is 11.2 Å². The number of rotatable bonds is 8. The van der Waals surface area contributed by atoms with Crippen LogP contribution >= 0.6 is 23.5 Å². The van der Waals surface area contributed by atoms with Gasteiger partial charge in [-0.15, -0.1) is 0 Å². The van der Waals surface area contributed by atoms with Crippen molar-refractivity contribution in [1.82, 2.24) is 19.5 Å². The maximum atomic E-state index is 12.0. The summed E-state index contributed by atoms with van der Waals surface area (Å²) in [6.45, 7) is -0.820. The highest BCUT2D eigenvalue weighted by Gasteiger charge is 2.52. The molecular formula is C11H16N5O13P3. The predicted molar refractivity (Wildman–Crippen MR) is 98.1 cm³/mol. The molecule has 0 radical (unpaired) electrons. The average Bonchev–Trinajstić information content (AvgIpc) is 3.32. The van der Waals surface area contributed by atoms with E-state index in [2.05, 4.69) is 28.1 Å². The summed E-state index contributed by atoms with van der Waals surface area (Å²) >= 11 is 0. The van der Waals surface area contributed by atoms with Crippen molar-refractivity contribution in [3.05, 3.63) is 12.7 Å². The van der Waals surface area contributed by atoms with E-state index in [1.54, 1.807) is 0 Å². The second-order valence-corrected chi connectivity index (χ2v) is 10.8. The van der Waals surface area contributed by atoms with Crippen LogP contribution < -0.4 is 5.73 Å². The molecule has 0 aromatic carbocycles. The van der Waals surface area contributed by atoms with E-state index < -0.39 is 54.6 Å². The van der Waals surface area contributed by atoms with Crippen LogP contribution in [0.2, 0.25) is 0 Å². The van der Waals surface area contributed by atoms with Gasteiger partial charge in [-0.1, -0.05) is 0 Å². The van der Waals surface area contributed by atoms with Crippen LogP contribution in [0.1, 0.15) is 6.23 Å². The third-order valence-electron chi connectivity index (χ3n) is 4.29. The van der Waals surface area contributed by atoms with Gasteiger partial charge in [0.05, 0.1) is 12.9 Å². The van der Waals surface area contributed by atoms with Crippen molar-refractivity contribution in [2.75, 3.05) is 19.1 Å². The second kappa shape index (κ2) is 8.45. The second-order valence-electron chi connectivity index (χ2n) is 6.42. The Balaban J connectivity index is 1.47. The Labute approximate surface area is 177 Å². The van der Waals surface area contributed by atoms with Crippen LogP contribution in [0.3, 0.4) is 0 Å². The van der Waals surface area contributed by atoms with E-state index in [9.17, 15) is 23.5 Å². The Morgan fingerprint density at radius 3 is 2.50 bits per heavy atom. The number of hydrogen-bond acceptors (Lipinski definition) is 13. The molecule has 6 N–H and O–H groups in total. The molecule has 18 nitrogen and oxygen atoms in total. The first-order valence-corrected chi connectivity index (χ1v) is 13.0. The summed E-state index contributed by atoms with van der Waals surface area (Å²) in [6, 6.07) is 0. The van der Waals surface area contributed by atoms with Crippen molar-refractivity contribution in [3.63, 3.8) is 0 Å². The fourth-order valence-electron chi connectivity index (χ4n) is 3.17. The quantitative estimate of drug-likeness (QED) is 0.272. The van der Waals surface area contributed by atoms with Crippen molar-refractivity contribution in [2.45, 2.75) is 24.5 Å². The van der Waals surface area contributed by atoms with Gasteiger partial charge in [-0.2, -0.15) is 8.62 Å². The summed E-state index contributed by atoms with van der Waals surface area (Å²) in [5.41, 5.74) is 6.40. The van der Waals surface area contributed by atoms with Gasteiger partial charge in [-0.05, 0) is 0 Å². The minimum absolute atomic E-state index is 0.120. The molecule has 32 heavy (non-hydrogen) atoms. The summed E-state index contributed by atoms with van der Waals surface area (Å²) in [5.74, 6) is 0.135. The molecule has 0 bridgehead atoms. The van der Waals surface area contributed by atoms with Gasteiger partial charge in [0.1, 0.15) is 36.9 Å². The summed E-state index contributed by atoms with van der Waals surface area (Å²) in [6.07, 6.45) is -0.794. The van der Waals surface area contributed by atoms with Crippen LogP contribution in [-0.2, 0) is 41.1 Å². The number of phosphoric ester groups is 1. The van der Waals surface area contributed by atoms with E-state index in [4.69, 9.17) is 29.7 Å². The summed E-state index contributed by atoms with van der Waals surface area (Å²) < 4.78 is 64.3. The molecule has 0 amide bonds. The van der Waals surface area contributed by atoms with E-state index in [1.807, 2.05) is 0 Å². The molecule has 0 aliphatic carbocycles. The van der Waals surface area contributed by atoms with Gasteiger partial charge >= 0.3 is 23.5 Å². The highest BCUT2D eigenvalue weighted by molar-refractivity contribution is 7.66. The number of nitrogen functional groups attached to an aromatic ring is 1. The Morgan fingerprint density at radius 1 is 1.06 bits per heavy atom. The number of fused-ring (bicyclic) bond motifs is 2. The smallest absolute Gasteiger partial charge is 0.382 e. The largest absolute Gasteiger partial charge is 0.490 e. The number of anilines is 1. The first kappa shape index (κ1) is 23.8. The number of imidazole rings is 1. The Bertz CT molecular complexity index is 1150. The minimum atomic E-state index is -5.64. The molecular weight excluding hydrogens is 503 g/mol. The van der Waals surface area contributed by atoms with Gasteiger partial charge in [0, 0.05) is 0 Å². The van der Waals surface area contributed by atoms with Gasteiger partial charge in [0.2, 0.25) is 0 Å². The number of hydrogen-bond donors (Lipinski definition) is 5. The molecule has 2 aliphatic heterocycles. The van der Waals surface area contributed by atoms with Crippen LogP contribution in [0.15, 0.2) is 12.7 Å². The molecule has 21 heteroatoms. The van der Waals surface area contributed by atoms with Gasteiger partial charge in [-0.25, -0.2) is 28.6 Å². The lowest BCUT2D eigenvalue weighted by Crippen LogP contribution is -2.31.